The number of nitrogens with zero attached hydrogens (tertiary/aromatic N) is 4. The van der Waals surface area contributed by atoms with Gasteiger partial charge in [0.1, 0.15) is 5.75 Å². The van der Waals surface area contributed by atoms with Crippen LogP contribution in [-0.2, 0) is 6.54 Å². The maximum atomic E-state index is 14.0. The first-order valence-electron chi connectivity index (χ1n) is 14.5. The number of hydrogen-bond acceptors (Lipinski definition) is 4. The number of benzene rings is 4. The van der Waals surface area contributed by atoms with Crippen LogP contribution >= 0.6 is 15.9 Å². The Balaban J connectivity index is 1.51. The van der Waals surface area contributed by atoms with Gasteiger partial charge in [0.2, 0.25) is 0 Å². The Morgan fingerprint density at radius 2 is 1.70 bits per heavy atom. The molecule has 6 nitrogen and oxygen atoms in total. The molecule has 0 aliphatic rings. The minimum atomic E-state index is -0.213. The Kier molecular flexibility index (Phi) is 8.00. The van der Waals surface area contributed by atoms with Gasteiger partial charge < -0.3 is 9.30 Å². The van der Waals surface area contributed by atoms with Gasteiger partial charge in [0, 0.05) is 39.2 Å². The summed E-state index contributed by atoms with van der Waals surface area (Å²) in [5, 5.41) is 6.41. The Morgan fingerprint density at radius 1 is 0.977 bits per heavy atom. The standard InChI is InChI=1S/C36H33BrN4O2/c1-5-43-34-18-24(4)31(19-30(34)23(2)3)35-39-32-12-8-6-11-29(32)36(42)41(35)38-20-26-22-40(33-13-9-7-10-28(26)33)21-25-14-16-27(37)17-15-25/h6-20,22-23H,5,21H2,1-4H3. The SMILES string of the molecule is CCOc1cc(C)c(-c2nc3ccccc3c(=O)n2N=Cc2cn(Cc3ccc(Br)cc3)c3ccccc23)cc1C(C)C. The third kappa shape index (κ3) is 5.65. The minimum absolute atomic E-state index is 0.213. The zero-order valence-electron chi connectivity index (χ0n) is 24.7. The monoisotopic (exact) mass is 632 g/mol. The summed E-state index contributed by atoms with van der Waals surface area (Å²) >= 11 is 3.52. The quantitative estimate of drug-likeness (QED) is 0.158. The molecular weight excluding hydrogens is 600 g/mol. The molecule has 43 heavy (non-hydrogen) atoms. The second-order valence-corrected chi connectivity index (χ2v) is 11.9. The third-order valence-corrected chi connectivity index (χ3v) is 8.20. The Hall–Kier alpha value is -4.49. The molecule has 0 aliphatic heterocycles. The van der Waals surface area contributed by atoms with Crippen molar-refractivity contribution in [1.29, 1.82) is 0 Å². The van der Waals surface area contributed by atoms with Gasteiger partial charge in [-0.2, -0.15) is 9.78 Å². The third-order valence-electron chi connectivity index (χ3n) is 7.67. The summed E-state index contributed by atoms with van der Waals surface area (Å²) < 4.78 is 10.7. The van der Waals surface area contributed by atoms with E-state index >= 15 is 0 Å². The lowest BCUT2D eigenvalue weighted by Gasteiger charge is -2.18. The van der Waals surface area contributed by atoms with Crippen molar-refractivity contribution in [3.63, 3.8) is 0 Å². The van der Waals surface area contributed by atoms with Crippen LogP contribution in [0.3, 0.4) is 0 Å². The van der Waals surface area contributed by atoms with E-state index in [0.717, 1.165) is 43.4 Å². The second kappa shape index (κ2) is 12.0. The minimum Gasteiger partial charge on any atom is -0.494 e. The first kappa shape index (κ1) is 28.6. The van der Waals surface area contributed by atoms with Gasteiger partial charge in [-0.1, -0.05) is 72.2 Å². The van der Waals surface area contributed by atoms with Crippen molar-refractivity contribution in [2.75, 3.05) is 6.61 Å². The number of fused-ring (bicyclic) bond motifs is 2. The maximum absolute atomic E-state index is 14.0. The van der Waals surface area contributed by atoms with E-state index < -0.39 is 0 Å². The fourth-order valence-electron chi connectivity index (χ4n) is 5.49. The van der Waals surface area contributed by atoms with Crippen LogP contribution in [-0.4, -0.2) is 27.0 Å². The molecule has 0 aliphatic carbocycles. The zero-order chi connectivity index (χ0) is 30.1. The normalized spacial score (nSPS) is 11.8. The number of halogens is 1. The first-order chi connectivity index (χ1) is 20.8. The number of aryl methyl sites for hydroxylation is 1. The van der Waals surface area contributed by atoms with Crippen LogP contribution in [0.15, 0.2) is 105 Å². The fourth-order valence-corrected chi connectivity index (χ4v) is 5.76. The van der Waals surface area contributed by atoms with E-state index in [9.17, 15) is 4.79 Å². The molecule has 4 aromatic carbocycles. The lowest BCUT2D eigenvalue weighted by molar-refractivity contribution is 0.335. The molecule has 2 aromatic heterocycles. The average molecular weight is 634 g/mol. The smallest absolute Gasteiger partial charge is 0.282 e. The van der Waals surface area contributed by atoms with E-state index in [-0.39, 0.29) is 11.5 Å². The van der Waals surface area contributed by atoms with Gasteiger partial charge in [-0.05, 0) is 78.9 Å². The zero-order valence-corrected chi connectivity index (χ0v) is 26.3. The van der Waals surface area contributed by atoms with Crippen LogP contribution in [0.5, 0.6) is 5.75 Å². The summed E-state index contributed by atoms with van der Waals surface area (Å²) in [6.07, 6.45) is 3.86. The summed E-state index contributed by atoms with van der Waals surface area (Å²) in [6.45, 7) is 9.58. The highest BCUT2D eigenvalue weighted by Gasteiger charge is 2.19. The number of para-hydroxylation sites is 2. The van der Waals surface area contributed by atoms with Crippen LogP contribution < -0.4 is 10.3 Å². The van der Waals surface area contributed by atoms with Crippen molar-refractivity contribution in [2.45, 2.75) is 40.2 Å². The fraction of sp³-hybridized carbons (Fsp3) is 0.194. The molecule has 0 amide bonds. The Morgan fingerprint density at radius 3 is 2.44 bits per heavy atom. The number of aromatic nitrogens is 3. The topological polar surface area (TPSA) is 61.4 Å². The summed E-state index contributed by atoms with van der Waals surface area (Å²) in [5.41, 5.74) is 6.52. The molecule has 6 aromatic rings. The van der Waals surface area contributed by atoms with Gasteiger partial charge in [0.15, 0.2) is 5.82 Å². The number of hydrogen-bond donors (Lipinski definition) is 0. The van der Waals surface area contributed by atoms with Gasteiger partial charge >= 0.3 is 0 Å². The van der Waals surface area contributed by atoms with Crippen LogP contribution in [0.2, 0.25) is 0 Å². The maximum Gasteiger partial charge on any atom is 0.282 e. The lowest BCUT2D eigenvalue weighted by Crippen LogP contribution is -2.20. The average Bonchev–Trinajstić information content (AvgIpc) is 3.35. The van der Waals surface area contributed by atoms with Crippen molar-refractivity contribution in [3.05, 3.63) is 128 Å². The highest BCUT2D eigenvalue weighted by molar-refractivity contribution is 9.10. The summed E-state index contributed by atoms with van der Waals surface area (Å²) in [7, 11) is 0. The van der Waals surface area contributed by atoms with E-state index in [4.69, 9.17) is 14.8 Å². The van der Waals surface area contributed by atoms with Crippen LogP contribution in [0.1, 0.15) is 48.9 Å². The van der Waals surface area contributed by atoms with Crippen molar-refractivity contribution in [3.8, 4) is 17.1 Å². The molecule has 0 atom stereocenters. The van der Waals surface area contributed by atoms with Crippen molar-refractivity contribution in [2.24, 2.45) is 5.10 Å². The molecule has 0 unspecified atom stereocenters. The van der Waals surface area contributed by atoms with Crippen molar-refractivity contribution in [1.82, 2.24) is 14.2 Å². The molecule has 0 N–H and O–H groups in total. The van der Waals surface area contributed by atoms with E-state index in [1.165, 1.54) is 10.2 Å². The van der Waals surface area contributed by atoms with Crippen molar-refractivity contribution < 1.29 is 4.74 Å². The van der Waals surface area contributed by atoms with Crippen LogP contribution in [0.4, 0.5) is 0 Å². The molecule has 216 valence electrons. The van der Waals surface area contributed by atoms with Gasteiger partial charge in [0.25, 0.3) is 5.56 Å². The molecule has 0 bridgehead atoms. The van der Waals surface area contributed by atoms with E-state index in [1.807, 2.05) is 50.2 Å². The predicted octanol–water partition coefficient (Wildman–Crippen LogP) is 8.54. The highest BCUT2D eigenvalue weighted by Crippen LogP contribution is 2.34. The Labute approximate surface area is 259 Å². The molecule has 7 heteroatoms. The van der Waals surface area contributed by atoms with Gasteiger partial charge in [-0.15, -0.1) is 0 Å². The molecule has 0 fully saturated rings. The van der Waals surface area contributed by atoms with E-state index in [1.54, 1.807) is 12.3 Å². The van der Waals surface area contributed by atoms with Gasteiger partial charge in [-0.25, -0.2) is 4.98 Å². The van der Waals surface area contributed by atoms with Crippen LogP contribution in [0.25, 0.3) is 33.2 Å². The molecule has 0 radical (unpaired) electrons. The highest BCUT2D eigenvalue weighted by atomic mass is 79.9. The lowest BCUT2D eigenvalue weighted by atomic mass is 9.96. The van der Waals surface area contributed by atoms with E-state index in [2.05, 4.69) is 83.0 Å². The molecule has 0 spiro atoms. The first-order valence-corrected chi connectivity index (χ1v) is 15.3. The predicted molar refractivity (Wildman–Crippen MR) is 180 cm³/mol. The molecule has 0 saturated carbocycles. The number of ether oxygens (including phenoxy) is 1. The summed E-state index contributed by atoms with van der Waals surface area (Å²) in [5.74, 6) is 1.58. The molecule has 0 saturated heterocycles. The van der Waals surface area contributed by atoms with Gasteiger partial charge in [0.05, 0.1) is 23.7 Å². The Bertz CT molecular complexity index is 2040. The largest absolute Gasteiger partial charge is 0.494 e. The molecule has 6 rings (SSSR count). The number of rotatable bonds is 8. The second-order valence-electron chi connectivity index (χ2n) is 11.0. The van der Waals surface area contributed by atoms with Crippen molar-refractivity contribution >= 4 is 44.0 Å². The summed E-state index contributed by atoms with van der Waals surface area (Å²) in [6, 6.07) is 28.2. The van der Waals surface area contributed by atoms with Crippen LogP contribution in [0, 0.1) is 6.92 Å². The summed E-state index contributed by atoms with van der Waals surface area (Å²) in [4.78, 5) is 18.9. The molecular formula is C36H33BrN4O2. The van der Waals surface area contributed by atoms with E-state index in [0.29, 0.717) is 29.9 Å². The van der Waals surface area contributed by atoms with Gasteiger partial charge in [-0.3, -0.25) is 4.79 Å². The molecule has 2 heterocycles.